The number of rotatable bonds is 4. The van der Waals surface area contributed by atoms with Crippen LogP contribution in [0, 0.1) is 0 Å². The van der Waals surface area contributed by atoms with Crippen LogP contribution in [-0.2, 0) is 17.9 Å². The summed E-state index contributed by atoms with van der Waals surface area (Å²) in [4.78, 5) is 17.8. The summed E-state index contributed by atoms with van der Waals surface area (Å²) in [5, 5.41) is 0. The van der Waals surface area contributed by atoms with Crippen molar-refractivity contribution in [3.63, 3.8) is 0 Å². The molecule has 0 aliphatic carbocycles. The quantitative estimate of drug-likeness (QED) is 0.434. The van der Waals surface area contributed by atoms with Crippen LogP contribution < -0.4 is 11.3 Å². The molecule has 0 spiro atoms. The largest absolute Gasteiger partial charge is 0.333 e. The summed E-state index contributed by atoms with van der Waals surface area (Å²) in [6.45, 7) is 4.98. The Morgan fingerprint density at radius 3 is 3.24 bits per heavy atom. The van der Waals surface area contributed by atoms with Crippen molar-refractivity contribution < 1.29 is 4.79 Å². The fourth-order valence-electron chi connectivity index (χ4n) is 2.16. The Bertz CT molecular complexity index is 389. The molecule has 1 atom stereocenters. The first-order chi connectivity index (χ1) is 8.20. The van der Waals surface area contributed by atoms with Gasteiger partial charge in [-0.2, -0.15) is 0 Å². The Labute approximate surface area is 101 Å². The lowest BCUT2D eigenvalue weighted by Crippen LogP contribution is -2.40. The van der Waals surface area contributed by atoms with E-state index in [2.05, 4.69) is 26.8 Å². The number of carbonyl (C=O) groups is 1. The summed E-state index contributed by atoms with van der Waals surface area (Å²) in [6, 6.07) is 0.373. The minimum absolute atomic E-state index is 0.102. The van der Waals surface area contributed by atoms with Crippen molar-refractivity contribution >= 4 is 5.91 Å². The van der Waals surface area contributed by atoms with Crippen molar-refractivity contribution in [3.05, 3.63) is 18.2 Å². The average Bonchev–Trinajstić information content (AvgIpc) is 2.82. The molecule has 1 aliphatic rings. The molecule has 0 saturated carbocycles. The van der Waals surface area contributed by atoms with E-state index in [0.717, 1.165) is 31.9 Å². The normalized spacial score (nSPS) is 17.5. The van der Waals surface area contributed by atoms with Gasteiger partial charge in [0.1, 0.15) is 5.82 Å². The molecule has 2 heterocycles. The van der Waals surface area contributed by atoms with Gasteiger partial charge >= 0.3 is 0 Å². The first-order valence-corrected chi connectivity index (χ1v) is 5.94. The summed E-state index contributed by atoms with van der Waals surface area (Å²) in [6.07, 6.45) is 5.15. The molecule has 1 aromatic rings. The molecule has 6 nitrogen and oxygen atoms in total. The van der Waals surface area contributed by atoms with Crippen LogP contribution in [0.1, 0.15) is 25.6 Å². The zero-order valence-electron chi connectivity index (χ0n) is 10.1. The van der Waals surface area contributed by atoms with Crippen LogP contribution in [0.5, 0.6) is 0 Å². The molecule has 1 aromatic heterocycles. The van der Waals surface area contributed by atoms with E-state index in [1.165, 1.54) is 0 Å². The van der Waals surface area contributed by atoms with Gasteiger partial charge in [0.25, 0.3) is 0 Å². The van der Waals surface area contributed by atoms with Gasteiger partial charge in [-0.05, 0) is 13.3 Å². The number of carbonyl (C=O) groups excluding carboxylic acids is 1. The number of imidazole rings is 1. The van der Waals surface area contributed by atoms with E-state index < -0.39 is 0 Å². The number of hydrogen-bond acceptors (Lipinski definition) is 4. The number of nitrogens with two attached hydrogens (primary N) is 1. The molecule has 2 rings (SSSR count). The third-order valence-corrected chi connectivity index (χ3v) is 3.35. The Morgan fingerprint density at radius 1 is 1.65 bits per heavy atom. The van der Waals surface area contributed by atoms with Crippen molar-refractivity contribution in [3.8, 4) is 0 Å². The van der Waals surface area contributed by atoms with Crippen LogP contribution in [0.15, 0.2) is 12.4 Å². The summed E-state index contributed by atoms with van der Waals surface area (Å²) in [5.74, 6) is 6.06. The highest BCUT2D eigenvalue weighted by molar-refractivity contribution is 5.75. The molecule has 0 fully saturated rings. The first-order valence-electron chi connectivity index (χ1n) is 5.94. The van der Waals surface area contributed by atoms with E-state index in [9.17, 15) is 4.79 Å². The molecule has 94 valence electrons. The molecule has 1 amide bonds. The fraction of sp³-hybridized carbons (Fsp3) is 0.636. The molecule has 0 radical (unpaired) electrons. The van der Waals surface area contributed by atoms with E-state index in [-0.39, 0.29) is 5.91 Å². The van der Waals surface area contributed by atoms with Gasteiger partial charge in [-0.25, -0.2) is 10.8 Å². The Morgan fingerprint density at radius 2 is 2.47 bits per heavy atom. The van der Waals surface area contributed by atoms with E-state index >= 15 is 0 Å². The van der Waals surface area contributed by atoms with Gasteiger partial charge in [0.2, 0.25) is 5.91 Å². The van der Waals surface area contributed by atoms with E-state index in [1.807, 2.05) is 12.4 Å². The van der Waals surface area contributed by atoms with Crippen LogP contribution in [-0.4, -0.2) is 32.9 Å². The predicted molar refractivity (Wildman–Crippen MR) is 63.7 cm³/mol. The molecular weight excluding hydrogens is 218 g/mol. The summed E-state index contributed by atoms with van der Waals surface area (Å²) >= 11 is 0. The number of nitrogens with zero attached hydrogens (tertiary/aromatic N) is 3. The number of fused-ring (bicyclic) bond motifs is 1. The fourth-order valence-corrected chi connectivity index (χ4v) is 2.16. The maximum atomic E-state index is 11.1. The Kier molecular flexibility index (Phi) is 3.75. The number of hydrazine groups is 1. The Balaban J connectivity index is 1.85. The summed E-state index contributed by atoms with van der Waals surface area (Å²) < 4.78 is 2.18. The lowest BCUT2D eigenvalue weighted by atomic mass is 10.1. The summed E-state index contributed by atoms with van der Waals surface area (Å²) in [5.41, 5.74) is 2.16. The predicted octanol–water partition coefficient (Wildman–Crippen LogP) is -0.143. The van der Waals surface area contributed by atoms with Crippen molar-refractivity contribution in [1.82, 2.24) is 19.9 Å². The van der Waals surface area contributed by atoms with E-state index in [4.69, 9.17) is 5.84 Å². The highest BCUT2D eigenvalue weighted by Gasteiger charge is 2.21. The second kappa shape index (κ2) is 5.29. The second-order valence-corrected chi connectivity index (χ2v) is 4.46. The number of aromatic nitrogens is 2. The zero-order valence-corrected chi connectivity index (χ0v) is 10.1. The SMILES string of the molecule is CC(CCC(=O)NN)N1CCn2ccnc2C1. The van der Waals surface area contributed by atoms with Crippen LogP contribution >= 0.6 is 0 Å². The molecule has 17 heavy (non-hydrogen) atoms. The molecule has 6 heteroatoms. The lowest BCUT2D eigenvalue weighted by Gasteiger charge is -2.32. The van der Waals surface area contributed by atoms with Crippen LogP contribution in [0.4, 0.5) is 0 Å². The van der Waals surface area contributed by atoms with Crippen LogP contribution in [0.25, 0.3) is 0 Å². The molecule has 1 unspecified atom stereocenters. The third-order valence-electron chi connectivity index (χ3n) is 3.35. The van der Waals surface area contributed by atoms with Crippen molar-refractivity contribution in [2.75, 3.05) is 6.54 Å². The monoisotopic (exact) mass is 237 g/mol. The number of amides is 1. The van der Waals surface area contributed by atoms with Crippen molar-refractivity contribution in [1.29, 1.82) is 0 Å². The lowest BCUT2D eigenvalue weighted by molar-refractivity contribution is -0.121. The minimum atomic E-state index is -0.102. The van der Waals surface area contributed by atoms with Gasteiger partial charge in [-0.3, -0.25) is 15.1 Å². The van der Waals surface area contributed by atoms with Crippen LogP contribution in [0.3, 0.4) is 0 Å². The van der Waals surface area contributed by atoms with Gasteiger partial charge in [0.15, 0.2) is 0 Å². The van der Waals surface area contributed by atoms with Gasteiger partial charge in [0, 0.05) is 37.9 Å². The smallest absolute Gasteiger partial charge is 0.233 e. The first kappa shape index (κ1) is 12.1. The van der Waals surface area contributed by atoms with Crippen molar-refractivity contribution in [2.45, 2.75) is 38.9 Å². The zero-order chi connectivity index (χ0) is 12.3. The third kappa shape index (κ3) is 2.83. The molecule has 0 saturated heterocycles. The Hall–Kier alpha value is -1.40. The molecule has 0 aromatic carbocycles. The standard InChI is InChI=1S/C11H19N5O/c1-9(2-3-11(17)14-12)16-7-6-15-5-4-13-10(15)8-16/h4-5,9H,2-3,6-8,12H2,1H3,(H,14,17). The van der Waals surface area contributed by atoms with E-state index in [0.29, 0.717) is 12.5 Å². The highest BCUT2D eigenvalue weighted by atomic mass is 16.2. The molecule has 3 N–H and O–H groups in total. The maximum Gasteiger partial charge on any atom is 0.233 e. The summed E-state index contributed by atoms with van der Waals surface area (Å²) in [7, 11) is 0. The number of hydrogen-bond donors (Lipinski definition) is 2. The average molecular weight is 237 g/mol. The highest BCUT2D eigenvalue weighted by Crippen LogP contribution is 2.15. The molecule has 0 bridgehead atoms. The topological polar surface area (TPSA) is 76.2 Å². The van der Waals surface area contributed by atoms with Crippen molar-refractivity contribution in [2.24, 2.45) is 5.84 Å². The van der Waals surface area contributed by atoms with Gasteiger partial charge in [0.05, 0.1) is 6.54 Å². The minimum Gasteiger partial charge on any atom is -0.333 e. The number of nitrogens with one attached hydrogen (secondary N) is 1. The second-order valence-electron chi connectivity index (χ2n) is 4.46. The molecule has 1 aliphatic heterocycles. The van der Waals surface area contributed by atoms with E-state index in [1.54, 1.807) is 0 Å². The van der Waals surface area contributed by atoms with Gasteiger partial charge in [-0.15, -0.1) is 0 Å². The molecular formula is C11H19N5O. The van der Waals surface area contributed by atoms with Crippen LogP contribution in [0.2, 0.25) is 0 Å². The maximum absolute atomic E-state index is 11.1. The van der Waals surface area contributed by atoms with Gasteiger partial charge in [-0.1, -0.05) is 0 Å². The van der Waals surface area contributed by atoms with Gasteiger partial charge < -0.3 is 4.57 Å².